The molecule has 0 saturated heterocycles. The van der Waals surface area contributed by atoms with Gasteiger partial charge in [-0.1, -0.05) is 27.6 Å². The summed E-state index contributed by atoms with van der Waals surface area (Å²) in [6, 6.07) is 4.67. The minimum Gasteiger partial charge on any atom is -0.316 e. The van der Waals surface area contributed by atoms with Crippen LogP contribution in [0.15, 0.2) is 28.2 Å². The number of likely N-dealkylation sites (N-methyl/N-ethyl adjacent to an activating group) is 1. The predicted octanol–water partition coefficient (Wildman–Crippen LogP) is 3.21. The molecule has 0 aliphatic heterocycles. The molecule has 14 heavy (non-hydrogen) atoms. The Bertz CT molecular complexity index is 347. The molecule has 0 fully saturated rings. The molecule has 0 spiro atoms. The van der Waals surface area contributed by atoms with Crippen molar-refractivity contribution in [2.75, 3.05) is 13.6 Å². The van der Waals surface area contributed by atoms with Gasteiger partial charge in [-0.2, -0.15) is 0 Å². The summed E-state index contributed by atoms with van der Waals surface area (Å²) in [5.74, 6) is -0.211. The first-order valence-corrected chi connectivity index (χ1v) is 5.19. The molecule has 0 aliphatic carbocycles. The van der Waals surface area contributed by atoms with Crippen LogP contribution in [0.25, 0.3) is 6.08 Å². The molecule has 0 atom stereocenters. The third-order valence-electron chi connectivity index (χ3n) is 1.82. The van der Waals surface area contributed by atoms with Crippen LogP contribution in [0.1, 0.15) is 12.5 Å². The maximum absolute atomic E-state index is 12.9. The van der Waals surface area contributed by atoms with Crippen LogP contribution in [0.5, 0.6) is 0 Å². The second kappa shape index (κ2) is 5.27. The van der Waals surface area contributed by atoms with Crippen LogP contribution >= 0.6 is 15.9 Å². The van der Waals surface area contributed by atoms with Crippen molar-refractivity contribution in [1.82, 2.24) is 5.32 Å². The SMILES string of the molecule is CNC/C(C)=C/c1cc(F)ccc1Br. The van der Waals surface area contributed by atoms with Crippen molar-refractivity contribution in [3.8, 4) is 0 Å². The summed E-state index contributed by atoms with van der Waals surface area (Å²) < 4.78 is 13.8. The minimum atomic E-state index is -0.211. The molecular weight excluding hydrogens is 245 g/mol. The van der Waals surface area contributed by atoms with Crippen LogP contribution in [0.4, 0.5) is 4.39 Å². The van der Waals surface area contributed by atoms with E-state index in [9.17, 15) is 4.39 Å². The van der Waals surface area contributed by atoms with E-state index in [2.05, 4.69) is 21.2 Å². The number of hydrogen-bond donors (Lipinski definition) is 1. The van der Waals surface area contributed by atoms with E-state index in [-0.39, 0.29) is 5.82 Å². The lowest BCUT2D eigenvalue weighted by molar-refractivity contribution is 0.627. The van der Waals surface area contributed by atoms with Gasteiger partial charge in [0, 0.05) is 11.0 Å². The van der Waals surface area contributed by atoms with Gasteiger partial charge in [-0.05, 0) is 37.7 Å². The van der Waals surface area contributed by atoms with Crippen molar-refractivity contribution in [2.24, 2.45) is 0 Å². The Balaban J connectivity index is 2.95. The summed E-state index contributed by atoms with van der Waals surface area (Å²) in [6.07, 6.45) is 1.96. The number of nitrogens with one attached hydrogen (secondary N) is 1. The third kappa shape index (κ3) is 3.24. The van der Waals surface area contributed by atoms with Gasteiger partial charge in [0.2, 0.25) is 0 Å². The zero-order valence-electron chi connectivity index (χ0n) is 8.27. The molecular formula is C11H13BrFN. The predicted molar refractivity (Wildman–Crippen MR) is 61.7 cm³/mol. The highest BCUT2D eigenvalue weighted by molar-refractivity contribution is 9.10. The molecule has 0 bridgehead atoms. The van der Waals surface area contributed by atoms with Crippen molar-refractivity contribution >= 4 is 22.0 Å². The number of halogens is 2. The molecule has 0 aliphatic rings. The average Bonchev–Trinajstić information content (AvgIpc) is 2.12. The zero-order valence-corrected chi connectivity index (χ0v) is 9.86. The highest BCUT2D eigenvalue weighted by Crippen LogP contribution is 2.20. The summed E-state index contributed by atoms with van der Waals surface area (Å²) >= 11 is 3.38. The van der Waals surface area contributed by atoms with Gasteiger partial charge in [-0.25, -0.2) is 4.39 Å². The first-order valence-electron chi connectivity index (χ1n) is 4.40. The lowest BCUT2D eigenvalue weighted by Crippen LogP contribution is -2.08. The fraction of sp³-hybridized carbons (Fsp3) is 0.273. The van der Waals surface area contributed by atoms with Crippen molar-refractivity contribution in [3.63, 3.8) is 0 Å². The van der Waals surface area contributed by atoms with Crippen LogP contribution < -0.4 is 5.32 Å². The van der Waals surface area contributed by atoms with Crippen molar-refractivity contribution in [1.29, 1.82) is 0 Å². The van der Waals surface area contributed by atoms with Crippen LogP contribution in [-0.4, -0.2) is 13.6 Å². The van der Waals surface area contributed by atoms with E-state index >= 15 is 0 Å². The van der Waals surface area contributed by atoms with Gasteiger partial charge in [0.15, 0.2) is 0 Å². The van der Waals surface area contributed by atoms with Crippen LogP contribution in [-0.2, 0) is 0 Å². The molecule has 1 rings (SSSR count). The Morgan fingerprint density at radius 2 is 2.29 bits per heavy atom. The maximum Gasteiger partial charge on any atom is 0.123 e. The molecule has 0 unspecified atom stereocenters. The average molecular weight is 258 g/mol. The van der Waals surface area contributed by atoms with Gasteiger partial charge in [-0.3, -0.25) is 0 Å². The molecule has 0 saturated carbocycles. The van der Waals surface area contributed by atoms with Gasteiger partial charge in [-0.15, -0.1) is 0 Å². The van der Waals surface area contributed by atoms with Crippen molar-refractivity contribution in [2.45, 2.75) is 6.92 Å². The molecule has 0 amide bonds. The van der Waals surface area contributed by atoms with E-state index in [0.717, 1.165) is 16.6 Å². The maximum atomic E-state index is 12.9. The fourth-order valence-corrected chi connectivity index (χ4v) is 1.58. The molecule has 1 N–H and O–H groups in total. The van der Waals surface area contributed by atoms with E-state index in [4.69, 9.17) is 0 Å². The molecule has 0 radical (unpaired) electrons. The van der Waals surface area contributed by atoms with Gasteiger partial charge in [0.25, 0.3) is 0 Å². The van der Waals surface area contributed by atoms with Crippen molar-refractivity contribution < 1.29 is 4.39 Å². The monoisotopic (exact) mass is 257 g/mol. The minimum absolute atomic E-state index is 0.211. The molecule has 1 nitrogen and oxygen atoms in total. The first kappa shape index (κ1) is 11.4. The highest BCUT2D eigenvalue weighted by atomic mass is 79.9. The standard InChI is InChI=1S/C11H13BrFN/c1-8(7-14-2)5-9-6-10(13)3-4-11(9)12/h3-6,14H,7H2,1-2H3/b8-5+. The second-order valence-electron chi connectivity index (χ2n) is 3.19. The summed E-state index contributed by atoms with van der Waals surface area (Å²) in [4.78, 5) is 0. The lowest BCUT2D eigenvalue weighted by Gasteiger charge is -2.02. The molecule has 1 aromatic rings. The summed E-state index contributed by atoms with van der Waals surface area (Å²) in [6.45, 7) is 2.82. The molecule has 0 aromatic heterocycles. The van der Waals surface area contributed by atoms with Crippen LogP contribution in [0.2, 0.25) is 0 Å². The van der Waals surface area contributed by atoms with Gasteiger partial charge in [0.1, 0.15) is 5.82 Å². The summed E-state index contributed by atoms with van der Waals surface area (Å²) in [7, 11) is 1.89. The highest BCUT2D eigenvalue weighted by Gasteiger charge is 1.99. The molecule has 1 aromatic carbocycles. The van der Waals surface area contributed by atoms with Gasteiger partial charge < -0.3 is 5.32 Å². The Morgan fingerprint density at radius 1 is 1.57 bits per heavy atom. The molecule has 0 heterocycles. The van der Waals surface area contributed by atoms with Crippen LogP contribution in [0.3, 0.4) is 0 Å². The second-order valence-corrected chi connectivity index (χ2v) is 4.04. The Morgan fingerprint density at radius 3 is 2.93 bits per heavy atom. The smallest absolute Gasteiger partial charge is 0.123 e. The largest absolute Gasteiger partial charge is 0.316 e. The quantitative estimate of drug-likeness (QED) is 0.877. The Labute approximate surface area is 92.1 Å². The zero-order chi connectivity index (χ0) is 10.6. The summed E-state index contributed by atoms with van der Waals surface area (Å²) in [5, 5.41) is 3.04. The van der Waals surface area contributed by atoms with E-state index in [1.165, 1.54) is 17.7 Å². The first-order chi connectivity index (χ1) is 6.63. The lowest BCUT2D eigenvalue weighted by atomic mass is 10.1. The van der Waals surface area contributed by atoms with E-state index in [1.807, 2.05) is 20.0 Å². The molecule has 76 valence electrons. The number of rotatable bonds is 3. The summed E-state index contributed by atoms with van der Waals surface area (Å²) in [5.41, 5.74) is 2.04. The van der Waals surface area contributed by atoms with Crippen LogP contribution in [0, 0.1) is 5.82 Å². The van der Waals surface area contributed by atoms with Gasteiger partial charge in [0.05, 0.1) is 0 Å². The third-order valence-corrected chi connectivity index (χ3v) is 2.54. The Hall–Kier alpha value is -0.670. The Kier molecular flexibility index (Phi) is 4.29. The number of hydrogen-bond acceptors (Lipinski definition) is 1. The number of benzene rings is 1. The van der Waals surface area contributed by atoms with E-state index < -0.39 is 0 Å². The molecule has 3 heteroatoms. The fourth-order valence-electron chi connectivity index (χ4n) is 1.22. The topological polar surface area (TPSA) is 12.0 Å². The van der Waals surface area contributed by atoms with E-state index in [0.29, 0.717) is 0 Å². The van der Waals surface area contributed by atoms with E-state index in [1.54, 1.807) is 6.07 Å². The normalized spacial score (nSPS) is 11.9. The van der Waals surface area contributed by atoms with Crippen molar-refractivity contribution in [3.05, 3.63) is 39.6 Å². The van der Waals surface area contributed by atoms with Gasteiger partial charge >= 0.3 is 0 Å².